The molecule has 0 saturated carbocycles. The number of carbonyl (C=O) groups excluding carboxylic acids is 1. The van der Waals surface area contributed by atoms with Crippen molar-refractivity contribution < 1.29 is 9.53 Å². The van der Waals surface area contributed by atoms with Crippen LogP contribution in [0.1, 0.15) is 232 Å². The molecule has 0 bridgehead atoms. The van der Waals surface area contributed by atoms with Gasteiger partial charge in [0.1, 0.15) is 0 Å². The quantitative estimate of drug-likeness (QED) is 0.0565. The fraction of sp³-hybridized carbons (Fsp3) is 0.974. The van der Waals surface area contributed by atoms with Crippen molar-refractivity contribution in [3.63, 3.8) is 0 Å². The number of ether oxygens (including phenoxy) is 1. The molecule has 0 N–H and O–H groups in total. The van der Waals surface area contributed by atoms with Gasteiger partial charge in [-0.05, 0) is 12.8 Å². The second-order valence-corrected chi connectivity index (χ2v) is 12.9. The zero-order valence-corrected chi connectivity index (χ0v) is 28.1. The highest BCUT2D eigenvalue weighted by Gasteiger charge is 2.03. The average Bonchev–Trinajstić information content (AvgIpc) is 2.96. The molecule has 2 heteroatoms. The molecule has 0 saturated heterocycles. The molecule has 0 aliphatic rings. The fourth-order valence-electron chi connectivity index (χ4n) is 5.90. The maximum absolute atomic E-state index is 11.9. The van der Waals surface area contributed by atoms with E-state index in [0.717, 1.165) is 12.8 Å². The van der Waals surface area contributed by atoms with Crippen molar-refractivity contribution in [2.75, 3.05) is 6.61 Å². The monoisotopic (exact) mass is 565 g/mol. The van der Waals surface area contributed by atoms with E-state index < -0.39 is 0 Å². The minimum Gasteiger partial charge on any atom is -0.466 e. The molecule has 0 fully saturated rings. The largest absolute Gasteiger partial charge is 0.466 e. The van der Waals surface area contributed by atoms with Crippen LogP contribution < -0.4 is 0 Å². The van der Waals surface area contributed by atoms with Gasteiger partial charge in [0.15, 0.2) is 0 Å². The topological polar surface area (TPSA) is 26.3 Å². The van der Waals surface area contributed by atoms with Gasteiger partial charge in [0.2, 0.25) is 0 Å². The maximum Gasteiger partial charge on any atom is 0.305 e. The molecule has 0 aromatic rings. The summed E-state index contributed by atoms with van der Waals surface area (Å²) in [5.41, 5.74) is 0. The molecule has 0 aromatic carbocycles. The minimum atomic E-state index is 0.0290. The van der Waals surface area contributed by atoms with Gasteiger partial charge in [-0.2, -0.15) is 0 Å². The van der Waals surface area contributed by atoms with Gasteiger partial charge < -0.3 is 4.74 Å². The van der Waals surface area contributed by atoms with E-state index in [0.29, 0.717) is 13.0 Å². The first kappa shape index (κ1) is 39.5. The predicted octanol–water partition coefficient (Wildman–Crippen LogP) is 13.8. The number of carbonyl (C=O) groups is 1. The molecule has 2 nitrogen and oxygen atoms in total. The first-order valence-electron chi connectivity index (χ1n) is 19.0. The molecule has 240 valence electrons. The van der Waals surface area contributed by atoms with Crippen LogP contribution in [-0.4, -0.2) is 12.6 Å². The van der Waals surface area contributed by atoms with Gasteiger partial charge in [0.05, 0.1) is 6.61 Å². The average molecular weight is 565 g/mol. The lowest BCUT2D eigenvalue weighted by Gasteiger charge is -2.06. The molecule has 0 heterocycles. The van der Waals surface area contributed by atoms with Crippen LogP contribution >= 0.6 is 0 Å². The first-order chi connectivity index (χ1) is 19.8. The van der Waals surface area contributed by atoms with E-state index in [1.165, 1.54) is 199 Å². The predicted molar refractivity (Wildman–Crippen MR) is 179 cm³/mol. The smallest absolute Gasteiger partial charge is 0.305 e. The van der Waals surface area contributed by atoms with E-state index in [1.54, 1.807) is 0 Å². The lowest BCUT2D eigenvalue weighted by Crippen LogP contribution is -2.05. The van der Waals surface area contributed by atoms with Crippen LogP contribution in [0.15, 0.2) is 0 Å². The molecular weight excluding hydrogens is 488 g/mol. The molecule has 0 aliphatic heterocycles. The third-order valence-corrected chi connectivity index (χ3v) is 8.75. The Balaban J connectivity index is 3.13. The van der Waals surface area contributed by atoms with Crippen LogP contribution in [0.4, 0.5) is 0 Å². The molecule has 0 aliphatic carbocycles. The van der Waals surface area contributed by atoms with Crippen molar-refractivity contribution in [2.45, 2.75) is 232 Å². The van der Waals surface area contributed by atoms with Crippen LogP contribution in [0, 0.1) is 0 Å². The van der Waals surface area contributed by atoms with E-state index in [4.69, 9.17) is 4.74 Å². The lowest BCUT2D eigenvalue weighted by atomic mass is 10.0. The molecule has 0 unspecified atom stereocenters. The summed E-state index contributed by atoms with van der Waals surface area (Å²) in [6.07, 6.45) is 46.0. The normalized spacial score (nSPS) is 11.3. The molecule has 0 aromatic heterocycles. The second kappa shape index (κ2) is 36.5. The third kappa shape index (κ3) is 35.5. The van der Waals surface area contributed by atoms with Gasteiger partial charge in [-0.3, -0.25) is 4.79 Å². The summed E-state index contributed by atoms with van der Waals surface area (Å²) in [7, 11) is 0. The van der Waals surface area contributed by atoms with Crippen LogP contribution in [0.25, 0.3) is 0 Å². The Bertz CT molecular complexity index is 460. The summed E-state index contributed by atoms with van der Waals surface area (Å²) < 4.78 is 5.44. The van der Waals surface area contributed by atoms with Crippen molar-refractivity contribution in [1.82, 2.24) is 0 Å². The number of hydrogen-bond donors (Lipinski definition) is 0. The van der Waals surface area contributed by atoms with Crippen molar-refractivity contribution in [1.29, 1.82) is 0 Å². The second-order valence-electron chi connectivity index (χ2n) is 12.9. The molecule has 0 spiro atoms. The number of unbranched alkanes of at least 4 members (excludes halogenated alkanes) is 31. The molecule has 0 radical (unpaired) electrons. The van der Waals surface area contributed by atoms with Gasteiger partial charge in [0.25, 0.3) is 0 Å². The lowest BCUT2D eigenvalue weighted by molar-refractivity contribution is -0.143. The van der Waals surface area contributed by atoms with Crippen LogP contribution in [0.3, 0.4) is 0 Å². The molecular formula is C38H76O2. The SMILES string of the molecule is CCCCCCCCCCCCCCCCCCCCCCC(=O)OCCCCCCCCCCCCCCC. The van der Waals surface area contributed by atoms with E-state index in [2.05, 4.69) is 13.8 Å². The van der Waals surface area contributed by atoms with Gasteiger partial charge >= 0.3 is 5.97 Å². The van der Waals surface area contributed by atoms with Gasteiger partial charge in [-0.25, -0.2) is 0 Å². The van der Waals surface area contributed by atoms with Crippen LogP contribution in [-0.2, 0) is 9.53 Å². The Hall–Kier alpha value is -0.530. The molecule has 40 heavy (non-hydrogen) atoms. The standard InChI is InChI=1S/C38H76O2/c1-3-5-7-9-11-13-15-17-18-19-20-21-22-23-24-26-28-30-32-34-36-38(39)40-37-35-33-31-29-27-25-16-14-12-10-8-6-4-2/h3-37H2,1-2H3. The molecule has 0 amide bonds. The summed E-state index contributed by atoms with van der Waals surface area (Å²) >= 11 is 0. The highest BCUT2D eigenvalue weighted by Crippen LogP contribution is 2.16. The Labute approximate surface area is 254 Å². The Morgan fingerprint density at radius 1 is 0.325 bits per heavy atom. The third-order valence-electron chi connectivity index (χ3n) is 8.75. The zero-order chi connectivity index (χ0) is 29.0. The minimum absolute atomic E-state index is 0.0290. The number of rotatable bonds is 35. The summed E-state index contributed by atoms with van der Waals surface area (Å²) in [6, 6.07) is 0. The highest BCUT2D eigenvalue weighted by molar-refractivity contribution is 5.69. The van der Waals surface area contributed by atoms with Crippen molar-refractivity contribution in [3.05, 3.63) is 0 Å². The molecule has 0 rings (SSSR count). The Morgan fingerprint density at radius 2 is 0.550 bits per heavy atom. The maximum atomic E-state index is 11.9. The van der Waals surface area contributed by atoms with Gasteiger partial charge in [-0.1, -0.05) is 213 Å². The number of hydrogen-bond acceptors (Lipinski definition) is 2. The van der Waals surface area contributed by atoms with Gasteiger partial charge in [0, 0.05) is 6.42 Å². The zero-order valence-electron chi connectivity index (χ0n) is 28.1. The van der Waals surface area contributed by atoms with Crippen molar-refractivity contribution in [3.8, 4) is 0 Å². The summed E-state index contributed by atoms with van der Waals surface area (Å²) in [6.45, 7) is 5.22. The van der Waals surface area contributed by atoms with Crippen LogP contribution in [0.5, 0.6) is 0 Å². The first-order valence-corrected chi connectivity index (χ1v) is 19.0. The van der Waals surface area contributed by atoms with E-state index >= 15 is 0 Å². The van der Waals surface area contributed by atoms with E-state index in [-0.39, 0.29) is 5.97 Å². The summed E-state index contributed by atoms with van der Waals surface area (Å²) in [4.78, 5) is 11.9. The number of esters is 1. The van der Waals surface area contributed by atoms with Crippen LogP contribution in [0.2, 0.25) is 0 Å². The molecule has 0 atom stereocenters. The Kier molecular flexibility index (Phi) is 36.0. The fourth-order valence-corrected chi connectivity index (χ4v) is 5.90. The summed E-state index contributed by atoms with van der Waals surface area (Å²) in [5, 5.41) is 0. The van der Waals surface area contributed by atoms with Crippen molar-refractivity contribution in [2.24, 2.45) is 0 Å². The van der Waals surface area contributed by atoms with Gasteiger partial charge in [-0.15, -0.1) is 0 Å². The Morgan fingerprint density at radius 3 is 0.825 bits per heavy atom. The summed E-state index contributed by atoms with van der Waals surface area (Å²) in [5.74, 6) is 0.0290. The highest BCUT2D eigenvalue weighted by atomic mass is 16.5. The van der Waals surface area contributed by atoms with E-state index in [9.17, 15) is 4.79 Å². The van der Waals surface area contributed by atoms with E-state index in [1.807, 2.05) is 0 Å². The van der Waals surface area contributed by atoms with Crippen molar-refractivity contribution >= 4 is 5.97 Å².